The number of benzene rings is 1. The summed E-state index contributed by atoms with van der Waals surface area (Å²) in [6.45, 7) is 3.96. The molecule has 0 aliphatic heterocycles. The number of hydrogen-bond acceptors (Lipinski definition) is 2. The molecule has 15 heavy (non-hydrogen) atoms. The minimum Gasteiger partial charge on any atom is -0.495 e. The number of carboxylic acids is 1. The summed E-state index contributed by atoms with van der Waals surface area (Å²) in [6.07, 6.45) is 0. The summed E-state index contributed by atoms with van der Waals surface area (Å²) in [7, 11) is 1.47. The van der Waals surface area contributed by atoms with Gasteiger partial charge in [0.05, 0.1) is 17.7 Å². The van der Waals surface area contributed by atoms with Gasteiger partial charge in [0.15, 0.2) is 0 Å². The maximum atomic E-state index is 10.9. The van der Waals surface area contributed by atoms with Crippen LogP contribution in [0.5, 0.6) is 5.75 Å². The Bertz CT molecular complexity index is 386. The van der Waals surface area contributed by atoms with E-state index < -0.39 is 5.97 Å². The summed E-state index contributed by atoms with van der Waals surface area (Å²) >= 11 is 5.87. The van der Waals surface area contributed by atoms with E-state index in [0.29, 0.717) is 5.75 Å². The monoisotopic (exact) mass is 228 g/mol. The van der Waals surface area contributed by atoms with Crippen LogP contribution < -0.4 is 4.74 Å². The molecule has 0 fully saturated rings. The lowest BCUT2D eigenvalue weighted by atomic mass is 10.0. The molecule has 0 atom stereocenters. The molecule has 0 amide bonds. The summed E-state index contributed by atoms with van der Waals surface area (Å²) < 4.78 is 5.03. The van der Waals surface area contributed by atoms with Crippen molar-refractivity contribution < 1.29 is 14.6 Å². The molecule has 0 saturated carbocycles. The van der Waals surface area contributed by atoms with Gasteiger partial charge in [0.25, 0.3) is 0 Å². The molecule has 0 aliphatic rings. The third-order valence-corrected chi connectivity index (χ3v) is 2.57. The van der Waals surface area contributed by atoms with E-state index in [0.717, 1.165) is 5.56 Å². The summed E-state index contributed by atoms with van der Waals surface area (Å²) in [5.41, 5.74) is 0.980. The quantitative estimate of drug-likeness (QED) is 0.865. The van der Waals surface area contributed by atoms with Crippen molar-refractivity contribution >= 4 is 17.6 Å². The first-order chi connectivity index (χ1) is 6.97. The van der Waals surface area contributed by atoms with E-state index >= 15 is 0 Å². The van der Waals surface area contributed by atoms with Crippen LogP contribution in [0.25, 0.3) is 0 Å². The largest absolute Gasteiger partial charge is 0.495 e. The molecule has 1 aromatic carbocycles. The van der Waals surface area contributed by atoms with E-state index in [1.54, 1.807) is 12.1 Å². The summed E-state index contributed by atoms with van der Waals surface area (Å²) in [6, 6.07) is 3.34. The third kappa shape index (κ3) is 2.42. The predicted molar refractivity (Wildman–Crippen MR) is 59.1 cm³/mol. The Hall–Kier alpha value is -1.22. The van der Waals surface area contributed by atoms with Crippen LogP contribution >= 0.6 is 11.6 Å². The van der Waals surface area contributed by atoms with Crippen molar-refractivity contribution in [1.82, 2.24) is 0 Å². The fourth-order valence-corrected chi connectivity index (χ4v) is 1.52. The minimum absolute atomic E-state index is 0.0831. The molecule has 0 saturated heterocycles. The summed E-state index contributed by atoms with van der Waals surface area (Å²) in [5, 5.41) is 9.10. The number of methoxy groups -OCH3 is 1. The molecule has 0 aromatic heterocycles. The fourth-order valence-electron chi connectivity index (χ4n) is 1.26. The van der Waals surface area contributed by atoms with E-state index in [-0.39, 0.29) is 16.5 Å². The topological polar surface area (TPSA) is 46.5 Å². The van der Waals surface area contributed by atoms with Gasteiger partial charge >= 0.3 is 5.97 Å². The van der Waals surface area contributed by atoms with Crippen molar-refractivity contribution in [1.29, 1.82) is 0 Å². The van der Waals surface area contributed by atoms with Crippen LogP contribution in [0.1, 0.15) is 35.7 Å². The van der Waals surface area contributed by atoms with Gasteiger partial charge in [-0.15, -0.1) is 0 Å². The van der Waals surface area contributed by atoms with Crippen molar-refractivity contribution in [3.8, 4) is 5.75 Å². The second-order valence-electron chi connectivity index (χ2n) is 3.54. The molecule has 0 unspecified atom stereocenters. The molecule has 0 aliphatic carbocycles. The van der Waals surface area contributed by atoms with E-state index in [1.807, 2.05) is 13.8 Å². The smallest absolute Gasteiger partial charge is 0.337 e. The highest BCUT2D eigenvalue weighted by Crippen LogP contribution is 2.32. The van der Waals surface area contributed by atoms with Crippen molar-refractivity contribution in [2.45, 2.75) is 19.8 Å². The van der Waals surface area contributed by atoms with Crippen molar-refractivity contribution in [2.24, 2.45) is 0 Å². The minimum atomic E-state index is -1.04. The van der Waals surface area contributed by atoms with Crippen LogP contribution in [0.15, 0.2) is 12.1 Å². The standard InChI is InChI=1S/C11H13ClO3/c1-6(2)7-4-8(11(13)14)10(12)9(5-7)15-3/h4-6H,1-3H3,(H,13,14). The van der Waals surface area contributed by atoms with Gasteiger partial charge in [-0.05, 0) is 23.6 Å². The van der Waals surface area contributed by atoms with Crippen LogP contribution in [-0.2, 0) is 0 Å². The van der Waals surface area contributed by atoms with E-state index in [1.165, 1.54) is 7.11 Å². The molecule has 82 valence electrons. The molecule has 1 N–H and O–H groups in total. The Morgan fingerprint density at radius 1 is 1.47 bits per heavy atom. The lowest BCUT2D eigenvalue weighted by molar-refractivity contribution is 0.0696. The highest BCUT2D eigenvalue weighted by Gasteiger charge is 2.16. The van der Waals surface area contributed by atoms with Crippen molar-refractivity contribution in [3.63, 3.8) is 0 Å². The Kier molecular flexibility index (Phi) is 3.58. The lowest BCUT2D eigenvalue weighted by Gasteiger charge is -2.11. The first kappa shape index (κ1) is 11.9. The zero-order valence-electron chi connectivity index (χ0n) is 8.87. The Balaban J connectivity index is 3.38. The second-order valence-corrected chi connectivity index (χ2v) is 3.92. The maximum absolute atomic E-state index is 10.9. The van der Waals surface area contributed by atoms with Gasteiger partial charge in [0.2, 0.25) is 0 Å². The molecule has 4 heteroatoms. The molecule has 0 spiro atoms. The van der Waals surface area contributed by atoms with Crippen LogP contribution in [0.2, 0.25) is 5.02 Å². The average Bonchev–Trinajstić information content (AvgIpc) is 2.17. The van der Waals surface area contributed by atoms with Gasteiger partial charge in [0.1, 0.15) is 5.75 Å². The predicted octanol–water partition coefficient (Wildman–Crippen LogP) is 3.17. The molecular formula is C11H13ClO3. The third-order valence-electron chi connectivity index (χ3n) is 2.18. The van der Waals surface area contributed by atoms with E-state index in [9.17, 15) is 4.79 Å². The molecule has 0 heterocycles. The number of carboxylic acid groups (broad SMARTS) is 1. The molecule has 0 bridgehead atoms. The van der Waals surface area contributed by atoms with Gasteiger partial charge in [-0.1, -0.05) is 25.4 Å². The normalized spacial score (nSPS) is 10.5. The molecule has 1 aromatic rings. The number of halogens is 1. The first-order valence-electron chi connectivity index (χ1n) is 4.58. The number of aromatic carboxylic acids is 1. The zero-order chi connectivity index (χ0) is 11.6. The van der Waals surface area contributed by atoms with Gasteiger partial charge in [0, 0.05) is 0 Å². The lowest BCUT2D eigenvalue weighted by Crippen LogP contribution is -2.02. The number of rotatable bonds is 3. The highest BCUT2D eigenvalue weighted by molar-refractivity contribution is 6.35. The fraction of sp³-hybridized carbons (Fsp3) is 0.364. The van der Waals surface area contributed by atoms with Gasteiger partial charge in [-0.3, -0.25) is 0 Å². The van der Waals surface area contributed by atoms with Crippen LogP contribution in [0, 0.1) is 0 Å². The average molecular weight is 229 g/mol. The van der Waals surface area contributed by atoms with Crippen molar-refractivity contribution in [3.05, 3.63) is 28.3 Å². The van der Waals surface area contributed by atoms with Crippen LogP contribution in [-0.4, -0.2) is 18.2 Å². The van der Waals surface area contributed by atoms with Gasteiger partial charge in [-0.25, -0.2) is 4.79 Å². The Morgan fingerprint density at radius 3 is 2.47 bits per heavy atom. The van der Waals surface area contributed by atoms with Gasteiger partial charge in [-0.2, -0.15) is 0 Å². The summed E-state index contributed by atoms with van der Waals surface area (Å²) in [4.78, 5) is 10.9. The second kappa shape index (κ2) is 4.53. The highest BCUT2D eigenvalue weighted by atomic mass is 35.5. The molecule has 0 radical (unpaired) electrons. The molecular weight excluding hydrogens is 216 g/mol. The zero-order valence-corrected chi connectivity index (χ0v) is 9.63. The van der Waals surface area contributed by atoms with Gasteiger partial charge < -0.3 is 9.84 Å². The van der Waals surface area contributed by atoms with E-state index in [4.69, 9.17) is 21.4 Å². The molecule has 1 rings (SSSR count). The SMILES string of the molecule is COc1cc(C(C)C)cc(C(=O)O)c1Cl. The Labute approximate surface area is 93.6 Å². The van der Waals surface area contributed by atoms with Crippen LogP contribution in [0.3, 0.4) is 0 Å². The van der Waals surface area contributed by atoms with Crippen molar-refractivity contribution in [2.75, 3.05) is 7.11 Å². The Morgan fingerprint density at radius 2 is 2.07 bits per heavy atom. The number of ether oxygens (including phenoxy) is 1. The number of carbonyl (C=O) groups is 1. The summed E-state index contributed by atoms with van der Waals surface area (Å²) in [5.74, 6) is -0.407. The maximum Gasteiger partial charge on any atom is 0.337 e. The van der Waals surface area contributed by atoms with Crippen LogP contribution in [0.4, 0.5) is 0 Å². The van der Waals surface area contributed by atoms with E-state index in [2.05, 4.69) is 0 Å². The number of hydrogen-bond donors (Lipinski definition) is 1. The first-order valence-corrected chi connectivity index (χ1v) is 4.96. The molecule has 3 nitrogen and oxygen atoms in total.